The van der Waals surface area contributed by atoms with Gasteiger partial charge in [-0.3, -0.25) is 24.0 Å². The van der Waals surface area contributed by atoms with Gasteiger partial charge in [0, 0.05) is 6.54 Å². The standard InChI is InChI=1S/C30H36N4O5/c1-20(28(37)31-19-23-15-10-14-22-13-8-9-16-24(22)23)32-29(38)25(18-27(36)34-39-30(2,3)4)33-26(35)17-21-11-6-5-7-12-21/h5-16,20,25H,17-19H2,1-4H3,(H,31,37)(H,32,38)(H,33,35)(H,34,36)/t20-,25?/m0/s1. The summed E-state index contributed by atoms with van der Waals surface area (Å²) in [5.41, 5.74) is 3.38. The van der Waals surface area contributed by atoms with E-state index in [9.17, 15) is 19.2 Å². The van der Waals surface area contributed by atoms with E-state index in [-0.39, 0.29) is 19.4 Å². The quantitative estimate of drug-likeness (QED) is 0.283. The second-order valence-electron chi connectivity index (χ2n) is 10.3. The van der Waals surface area contributed by atoms with Crippen molar-refractivity contribution in [1.29, 1.82) is 0 Å². The van der Waals surface area contributed by atoms with Crippen molar-refractivity contribution in [3.05, 3.63) is 83.9 Å². The average Bonchev–Trinajstić information content (AvgIpc) is 2.90. The Bertz CT molecular complexity index is 1300. The topological polar surface area (TPSA) is 126 Å². The van der Waals surface area contributed by atoms with E-state index in [0.717, 1.165) is 21.9 Å². The number of carbonyl (C=O) groups is 4. The Morgan fingerprint density at radius 1 is 0.795 bits per heavy atom. The molecule has 39 heavy (non-hydrogen) atoms. The van der Waals surface area contributed by atoms with Gasteiger partial charge in [0.1, 0.15) is 12.1 Å². The van der Waals surface area contributed by atoms with E-state index in [4.69, 9.17) is 4.84 Å². The fourth-order valence-corrected chi connectivity index (χ4v) is 3.83. The first-order chi connectivity index (χ1) is 18.5. The van der Waals surface area contributed by atoms with Crippen molar-refractivity contribution >= 4 is 34.4 Å². The molecule has 0 saturated carbocycles. The molecular formula is C30H36N4O5. The fraction of sp³-hybridized carbons (Fsp3) is 0.333. The fourth-order valence-electron chi connectivity index (χ4n) is 3.83. The van der Waals surface area contributed by atoms with Gasteiger partial charge in [-0.2, -0.15) is 0 Å². The lowest BCUT2D eigenvalue weighted by atomic mass is 10.0. The summed E-state index contributed by atoms with van der Waals surface area (Å²) in [6, 6.07) is 20.6. The van der Waals surface area contributed by atoms with Gasteiger partial charge in [-0.15, -0.1) is 0 Å². The summed E-state index contributed by atoms with van der Waals surface area (Å²) >= 11 is 0. The SMILES string of the molecule is C[C@H](NC(=O)C(CC(=O)NOC(C)(C)C)NC(=O)Cc1ccccc1)C(=O)NCc1cccc2ccccc12. The second-order valence-corrected chi connectivity index (χ2v) is 10.3. The van der Waals surface area contributed by atoms with E-state index in [2.05, 4.69) is 21.4 Å². The molecule has 3 aromatic rings. The van der Waals surface area contributed by atoms with Crippen molar-refractivity contribution in [1.82, 2.24) is 21.4 Å². The lowest BCUT2D eigenvalue weighted by molar-refractivity contribution is -0.147. The van der Waals surface area contributed by atoms with Crippen molar-refractivity contribution in [2.75, 3.05) is 0 Å². The summed E-state index contributed by atoms with van der Waals surface area (Å²) in [4.78, 5) is 56.4. The van der Waals surface area contributed by atoms with Crippen molar-refractivity contribution < 1.29 is 24.0 Å². The van der Waals surface area contributed by atoms with Crippen molar-refractivity contribution in [2.24, 2.45) is 0 Å². The number of hydroxylamine groups is 1. The highest BCUT2D eigenvalue weighted by atomic mass is 16.7. The number of nitrogens with one attached hydrogen (secondary N) is 4. The van der Waals surface area contributed by atoms with Crippen molar-refractivity contribution in [3.63, 3.8) is 0 Å². The zero-order valence-corrected chi connectivity index (χ0v) is 22.7. The zero-order valence-electron chi connectivity index (χ0n) is 22.7. The highest BCUT2D eigenvalue weighted by molar-refractivity contribution is 5.95. The number of carbonyl (C=O) groups excluding carboxylic acids is 4. The predicted molar refractivity (Wildman–Crippen MR) is 149 cm³/mol. The van der Waals surface area contributed by atoms with Gasteiger partial charge in [0.05, 0.1) is 18.4 Å². The third-order valence-electron chi connectivity index (χ3n) is 5.80. The normalized spacial score (nSPS) is 12.7. The molecule has 9 heteroatoms. The molecule has 3 aromatic carbocycles. The summed E-state index contributed by atoms with van der Waals surface area (Å²) in [6.45, 7) is 7.11. The highest BCUT2D eigenvalue weighted by Crippen LogP contribution is 2.18. The minimum Gasteiger partial charge on any atom is -0.350 e. The van der Waals surface area contributed by atoms with Crippen LogP contribution in [0.1, 0.15) is 45.2 Å². The van der Waals surface area contributed by atoms with Gasteiger partial charge in [-0.25, -0.2) is 5.48 Å². The third-order valence-corrected chi connectivity index (χ3v) is 5.80. The van der Waals surface area contributed by atoms with Crippen LogP contribution in [0, 0.1) is 0 Å². The molecular weight excluding hydrogens is 496 g/mol. The first-order valence-electron chi connectivity index (χ1n) is 12.9. The molecule has 3 rings (SSSR count). The van der Waals surface area contributed by atoms with E-state index in [1.807, 2.05) is 60.7 Å². The van der Waals surface area contributed by atoms with Crippen molar-refractivity contribution in [3.8, 4) is 0 Å². The largest absolute Gasteiger partial charge is 0.350 e. The van der Waals surface area contributed by atoms with E-state index in [0.29, 0.717) is 0 Å². The molecule has 4 N–H and O–H groups in total. The Hall–Kier alpha value is -4.24. The molecule has 0 aliphatic rings. The van der Waals surface area contributed by atoms with Crippen LogP contribution in [0.25, 0.3) is 10.8 Å². The Morgan fingerprint density at radius 3 is 2.18 bits per heavy atom. The molecule has 206 valence electrons. The number of rotatable bonds is 11. The minimum atomic E-state index is -1.21. The van der Waals surface area contributed by atoms with Crippen LogP contribution < -0.4 is 21.4 Å². The van der Waals surface area contributed by atoms with Gasteiger partial charge in [-0.05, 0) is 49.6 Å². The highest BCUT2D eigenvalue weighted by Gasteiger charge is 2.27. The second kappa shape index (κ2) is 13.5. The van der Waals surface area contributed by atoms with E-state index < -0.39 is 41.3 Å². The Labute approximate surface area is 228 Å². The van der Waals surface area contributed by atoms with E-state index in [1.165, 1.54) is 0 Å². The molecule has 0 saturated heterocycles. The van der Waals surface area contributed by atoms with E-state index >= 15 is 0 Å². The van der Waals surface area contributed by atoms with Crippen LogP contribution in [0.15, 0.2) is 72.8 Å². The molecule has 1 unspecified atom stereocenters. The Morgan fingerprint density at radius 2 is 1.46 bits per heavy atom. The maximum Gasteiger partial charge on any atom is 0.246 e. The van der Waals surface area contributed by atoms with Crippen LogP contribution in [0.2, 0.25) is 0 Å². The minimum absolute atomic E-state index is 0.0335. The lowest BCUT2D eigenvalue weighted by Gasteiger charge is -2.23. The van der Waals surface area contributed by atoms with E-state index in [1.54, 1.807) is 39.8 Å². The molecule has 0 bridgehead atoms. The predicted octanol–water partition coefficient (Wildman–Crippen LogP) is 2.92. The van der Waals surface area contributed by atoms with Crippen molar-refractivity contribution in [2.45, 2.75) is 64.8 Å². The number of hydrogen-bond donors (Lipinski definition) is 4. The zero-order chi connectivity index (χ0) is 28.4. The molecule has 0 radical (unpaired) electrons. The molecule has 4 amide bonds. The average molecular weight is 533 g/mol. The smallest absolute Gasteiger partial charge is 0.246 e. The maximum atomic E-state index is 13.1. The van der Waals surface area contributed by atoms with Crippen LogP contribution in [0.5, 0.6) is 0 Å². The molecule has 2 atom stereocenters. The third kappa shape index (κ3) is 9.54. The Balaban J connectivity index is 1.62. The summed E-state index contributed by atoms with van der Waals surface area (Å²) in [7, 11) is 0. The summed E-state index contributed by atoms with van der Waals surface area (Å²) in [5.74, 6) is -2.07. The molecule has 9 nitrogen and oxygen atoms in total. The van der Waals surface area contributed by atoms with Gasteiger partial charge < -0.3 is 16.0 Å². The first-order valence-corrected chi connectivity index (χ1v) is 12.9. The summed E-state index contributed by atoms with van der Waals surface area (Å²) < 4.78 is 0. The molecule has 0 aliphatic carbocycles. The van der Waals surface area contributed by atoms with Gasteiger partial charge >= 0.3 is 0 Å². The molecule has 0 heterocycles. The number of amides is 4. The summed E-state index contributed by atoms with van der Waals surface area (Å²) in [6.07, 6.45) is -0.335. The van der Waals surface area contributed by atoms with Crippen LogP contribution in [-0.4, -0.2) is 41.3 Å². The van der Waals surface area contributed by atoms with Crippen LogP contribution >= 0.6 is 0 Å². The molecule has 0 aromatic heterocycles. The lowest BCUT2D eigenvalue weighted by Crippen LogP contribution is -2.54. The first kappa shape index (κ1) is 29.3. The van der Waals surface area contributed by atoms with Gasteiger partial charge in [0.2, 0.25) is 23.6 Å². The monoisotopic (exact) mass is 532 g/mol. The number of fused-ring (bicyclic) bond motifs is 1. The van der Waals surface area contributed by atoms with Gasteiger partial charge in [-0.1, -0.05) is 72.8 Å². The molecule has 0 aliphatic heterocycles. The number of benzene rings is 3. The number of hydrogen-bond acceptors (Lipinski definition) is 5. The van der Waals surface area contributed by atoms with Gasteiger partial charge in [0.25, 0.3) is 0 Å². The maximum absolute atomic E-state index is 13.1. The van der Waals surface area contributed by atoms with Crippen LogP contribution in [0.3, 0.4) is 0 Å². The molecule has 0 fully saturated rings. The summed E-state index contributed by atoms with van der Waals surface area (Å²) in [5, 5.41) is 10.2. The Kier molecular flexibility index (Phi) is 10.2. The van der Waals surface area contributed by atoms with Gasteiger partial charge in [0.15, 0.2) is 0 Å². The van der Waals surface area contributed by atoms with Crippen LogP contribution in [-0.2, 0) is 37.0 Å². The molecule has 0 spiro atoms. The van der Waals surface area contributed by atoms with Crippen LogP contribution in [0.4, 0.5) is 0 Å².